The molecule has 0 radical (unpaired) electrons. The third kappa shape index (κ3) is 12.2. The van der Waals surface area contributed by atoms with Crippen LogP contribution in [0.1, 0.15) is 31.1 Å². The van der Waals surface area contributed by atoms with E-state index in [0.717, 1.165) is 10.4 Å². The molecule has 0 saturated carbocycles. The second-order valence-electron chi connectivity index (χ2n) is 10.1. The fourth-order valence-electron chi connectivity index (χ4n) is 3.52. The summed E-state index contributed by atoms with van der Waals surface area (Å²) in [5.74, 6) is -1.85. The van der Waals surface area contributed by atoms with Gasteiger partial charge >= 0.3 is 12.1 Å². The first-order valence-corrected chi connectivity index (χ1v) is 14.2. The molecule has 13 heteroatoms. The monoisotopic (exact) mass is 613 g/mol. The number of nitrogens with one attached hydrogen (secondary N) is 3. The highest BCUT2D eigenvalue weighted by Gasteiger charge is 2.19. The molecule has 3 amide bonds. The molecule has 0 aliphatic rings. The van der Waals surface area contributed by atoms with E-state index in [9.17, 15) is 19.2 Å². The lowest BCUT2D eigenvalue weighted by molar-refractivity contribution is -0.142. The summed E-state index contributed by atoms with van der Waals surface area (Å²) >= 11 is 1.55. The van der Waals surface area contributed by atoms with Crippen LogP contribution < -0.4 is 16.0 Å². The van der Waals surface area contributed by atoms with Crippen LogP contribution in [0.4, 0.5) is 21.9 Å². The van der Waals surface area contributed by atoms with Gasteiger partial charge in [0.1, 0.15) is 18.8 Å². The second kappa shape index (κ2) is 16.4. The van der Waals surface area contributed by atoms with Crippen molar-refractivity contribution in [3.05, 3.63) is 65.5 Å². The van der Waals surface area contributed by atoms with Gasteiger partial charge in [0, 0.05) is 16.1 Å². The van der Waals surface area contributed by atoms with E-state index in [2.05, 4.69) is 16.0 Å². The van der Waals surface area contributed by atoms with Crippen molar-refractivity contribution in [2.45, 2.75) is 26.4 Å². The molecular weight excluding hydrogens is 578 g/mol. The van der Waals surface area contributed by atoms with Crippen molar-refractivity contribution in [2.24, 2.45) is 0 Å². The van der Waals surface area contributed by atoms with Crippen LogP contribution in [0, 0.1) is 0 Å². The summed E-state index contributed by atoms with van der Waals surface area (Å²) in [4.78, 5) is 49.1. The summed E-state index contributed by atoms with van der Waals surface area (Å²) in [6.45, 7) is 5.45. The van der Waals surface area contributed by atoms with Gasteiger partial charge in [0.15, 0.2) is 0 Å². The highest BCUT2D eigenvalue weighted by atomic mass is 32.1. The molecule has 0 aliphatic heterocycles. The van der Waals surface area contributed by atoms with Gasteiger partial charge in [-0.25, -0.2) is 9.59 Å². The van der Waals surface area contributed by atoms with Crippen LogP contribution >= 0.6 is 11.3 Å². The van der Waals surface area contributed by atoms with E-state index < -0.39 is 23.6 Å². The Morgan fingerprint density at radius 3 is 2.09 bits per heavy atom. The van der Waals surface area contributed by atoms with Gasteiger partial charge in [-0.2, -0.15) is 0 Å². The van der Waals surface area contributed by atoms with E-state index >= 15 is 0 Å². The lowest BCUT2D eigenvalue weighted by Gasteiger charge is -2.21. The summed E-state index contributed by atoms with van der Waals surface area (Å²) in [5, 5.41) is 18.7. The number of ether oxygens (including phenoxy) is 4. The number of carbonyl (C=O) groups excluding carboxylic acids is 3. The molecule has 0 spiro atoms. The van der Waals surface area contributed by atoms with E-state index in [4.69, 9.17) is 24.1 Å². The van der Waals surface area contributed by atoms with Crippen molar-refractivity contribution < 1.29 is 43.2 Å². The fraction of sp³-hybridized carbons (Fsp3) is 0.333. The van der Waals surface area contributed by atoms with Crippen LogP contribution in [0.15, 0.2) is 60.0 Å². The normalized spacial score (nSPS) is 11.0. The van der Waals surface area contributed by atoms with Crippen LogP contribution in [-0.4, -0.2) is 74.2 Å². The molecule has 12 nitrogen and oxygen atoms in total. The highest BCUT2D eigenvalue weighted by molar-refractivity contribution is 7.13. The van der Waals surface area contributed by atoms with E-state index in [1.807, 2.05) is 23.6 Å². The van der Waals surface area contributed by atoms with Crippen molar-refractivity contribution in [3.63, 3.8) is 0 Å². The van der Waals surface area contributed by atoms with Gasteiger partial charge in [-0.1, -0.05) is 12.1 Å². The zero-order valence-corrected chi connectivity index (χ0v) is 25.0. The number of carboxylic acids is 1. The van der Waals surface area contributed by atoms with Crippen LogP contribution in [0.3, 0.4) is 0 Å². The van der Waals surface area contributed by atoms with Gasteiger partial charge in [0.25, 0.3) is 5.91 Å². The maximum atomic E-state index is 13.1. The first-order chi connectivity index (χ1) is 20.5. The van der Waals surface area contributed by atoms with E-state index in [1.165, 1.54) is 0 Å². The summed E-state index contributed by atoms with van der Waals surface area (Å²) in [6, 6.07) is 15.5. The number of amides is 3. The zero-order valence-electron chi connectivity index (χ0n) is 24.1. The SMILES string of the molecule is CC(C)(C)OC(=O)Nc1ccc(-c2cccs2)cc1NC(=O)c1ccc(NC(=O)COCCOCCOCC(=O)O)cc1. The van der Waals surface area contributed by atoms with Crippen molar-refractivity contribution in [2.75, 3.05) is 55.6 Å². The Balaban J connectivity index is 1.53. The number of anilines is 3. The first-order valence-electron chi connectivity index (χ1n) is 13.3. The first kappa shape index (κ1) is 33.2. The van der Waals surface area contributed by atoms with Gasteiger partial charge in [-0.15, -0.1) is 11.3 Å². The Bertz CT molecular complexity index is 1370. The molecule has 1 aromatic heterocycles. The Labute approximate surface area is 253 Å². The largest absolute Gasteiger partial charge is 0.480 e. The third-order valence-electron chi connectivity index (χ3n) is 5.34. The molecule has 2 aromatic carbocycles. The van der Waals surface area contributed by atoms with Crippen molar-refractivity contribution in [1.29, 1.82) is 0 Å². The molecule has 1 heterocycles. The summed E-state index contributed by atoms with van der Waals surface area (Å²) in [6.07, 6.45) is -0.647. The molecule has 0 bridgehead atoms. The van der Waals surface area contributed by atoms with Gasteiger partial charge in [0.05, 0.1) is 37.8 Å². The lowest BCUT2D eigenvalue weighted by atomic mass is 10.1. The maximum absolute atomic E-state index is 13.1. The summed E-state index contributed by atoms with van der Waals surface area (Å²) < 4.78 is 20.7. The van der Waals surface area contributed by atoms with Crippen molar-refractivity contribution in [3.8, 4) is 10.4 Å². The number of carboxylic acid groups (broad SMARTS) is 1. The van der Waals surface area contributed by atoms with Crippen LogP contribution in [0.5, 0.6) is 0 Å². The predicted molar refractivity (Wildman–Crippen MR) is 163 cm³/mol. The third-order valence-corrected chi connectivity index (χ3v) is 6.26. The zero-order chi connectivity index (χ0) is 31.2. The Morgan fingerprint density at radius 2 is 1.47 bits per heavy atom. The topological polar surface area (TPSA) is 162 Å². The van der Waals surface area contributed by atoms with Crippen LogP contribution in [0.2, 0.25) is 0 Å². The summed E-state index contributed by atoms with van der Waals surface area (Å²) in [7, 11) is 0. The van der Waals surface area contributed by atoms with Gasteiger partial charge in [0.2, 0.25) is 5.91 Å². The van der Waals surface area contributed by atoms with Crippen LogP contribution in [0.25, 0.3) is 10.4 Å². The van der Waals surface area contributed by atoms with Gasteiger partial charge < -0.3 is 34.7 Å². The molecule has 0 aliphatic carbocycles. The number of rotatable bonds is 15. The minimum Gasteiger partial charge on any atom is -0.480 e. The molecule has 0 fully saturated rings. The second-order valence-corrected chi connectivity index (χ2v) is 11.0. The summed E-state index contributed by atoms with van der Waals surface area (Å²) in [5.41, 5.74) is 1.77. The van der Waals surface area contributed by atoms with Gasteiger partial charge in [-0.05, 0) is 74.2 Å². The smallest absolute Gasteiger partial charge is 0.412 e. The van der Waals surface area contributed by atoms with Crippen LogP contribution in [-0.2, 0) is 28.5 Å². The van der Waals surface area contributed by atoms with E-state index in [1.54, 1.807) is 68.5 Å². The molecule has 3 rings (SSSR count). The molecule has 3 aromatic rings. The lowest BCUT2D eigenvalue weighted by Crippen LogP contribution is -2.27. The quantitative estimate of drug-likeness (QED) is 0.171. The number of aliphatic carboxylic acids is 1. The molecule has 4 N–H and O–H groups in total. The fourth-order valence-corrected chi connectivity index (χ4v) is 4.25. The Morgan fingerprint density at radius 1 is 0.791 bits per heavy atom. The number of benzene rings is 2. The molecule has 0 atom stereocenters. The number of hydrogen-bond donors (Lipinski definition) is 4. The number of hydrogen-bond acceptors (Lipinski definition) is 9. The standard InChI is InChI=1S/C30H35N3O9S/c1-30(2,3)42-29(38)33-23-11-8-21(25-5-4-16-43-25)17-24(23)32-28(37)20-6-9-22(10-7-20)31-26(34)18-40-14-12-39-13-15-41-19-27(35)36/h4-11,16-17H,12-15,18-19H2,1-3H3,(H,31,34)(H,32,37)(H,33,38)(H,35,36). The molecular formula is C30H35N3O9S. The van der Waals surface area contributed by atoms with Gasteiger partial charge in [-0.3, -0.25) is 14.9 Å². The van der Waals surface area contributed by atoms with Crippen molar-refractivity contribution >= 4 is 52.3 Å². The van der Waals surface area contributed by atoms with Crippen molar-refractivity contribution in [1.82, 2.24) is 0 Å². The Hall–Kier alpha value is -4.30. The maximum Gasteiger partial charge on any atom is 0.412 e. The molecule has 0 saturated heterocycles. The van der Waals surface area contributed by atoms with E-state index in [-0.39, 0.29) is 45.5 Å². The predicted octanol–water partition coefficient (Wildman–Crippen LogP) is 5.09. The minimum atomic E-state index is -1.05. The minimum absolute atomic E-state index is 0.145. The number of thiophene rings is 1. The molecule has 230 valence electrons. The Kier molecular flexibility index (Phi) is 12.6. The molecule has 0 unspecified atom stereocenters. The van der Waals surface area contributed by atoms with E-state index in [0.29, 0.717) is 22.6 Å². The average Bonchev–Trinajstić information content (AvgIpc) is 3.47. The molecule has 43 heavy (non-hydrogen) atoms. The number of carbonyl (C=O) groups is 4. The average molecular weight is 614 g/mol. The highest BCUT2D eigenvalue weighted by Crippen LogP contribution is 2.32.